The lowest BCUT2D eigenvalue weighted by Gasteiger charge is -2.11. The molecule has 3 heterocycles. The van der Waals surface area contributed by atoms with E-state index in [1.165, 1.54) is 0 Å². The molecule has 5 nitrogen and oxygen atoms in total. The molecule has 5 aromatic rings. The Kier molecular flexibility index (Phi) is 5.12. The highest BCUT2D eigenvalue weighted by Gasteiger charge is 2.17. The van der Waals surface area contributed by atoms with Gasteiger partial charge in [0, 0.05) is 20.4 Å². The molecule has 0 saturated heterocycles. The summed E-state index contributed by atoms with van der Waals surface area (Å²) in [4.78, 5) is 17.8. The van der Waals surface area contributed by atoms with Gasteiger partial charge in [0.25, 0.3) is 0 Å². The second kappa shape index (κ2) is 8.31. The number of fused-ring (bicyclic) bond motifs is 2. The Morgan fingerprint density at radius 3 is 2.38 bits per heavy atom. The monoisotopic (exact) mass is 531 g/mol. The first kappa shape index (κ1) is 21.0. The predicted molar refractivity (Wildman–Crippen MR) is 135 cm³/mol. The summed E-state index contributed by atoms with van der Waals surface area (Å²) in [5.41, 5.74) is 4.32. The molecule has 1 aliphatic rings. The topological polar surface area (TPSA) is 61.6 Å². The van der Waals surface area contributed by atoms with Gasteiger partial charge in [0.15, 0.2) is 11.5 Å². The molecule has 6 rings (SSSR count). The molecule has 0 spiro atoms. The molecule has 0 saturated carbocycles. The van der Waals surface area contributed by atoms with E-state index in [1.54, 1.807) is 6.07 Å². The number of aromatic nitrogens is 1. The first-order valence-electron chi connectivity index (χ1n) is 10.5. The zero-order chi connectivity index (χ0) is 23.2. The van der Waals surface area contributed by atoms with Crippen LogP contribution in [0.1, 0.15) is 0 Å². The fraction of sp³-hybridized carbons (Fsp3) is 0.0370. The smallest absolute Gasteiger partial charge is 0.345 e. The van der Waals surface area contributed by atoms with Crippen LogP contribution in [-0.2, 0) is 0 Å². The minimum absolute atomic E-state index is 0.199. The van der Waals surface area contributed by atoms with Crippen molar-refractivity contribution in [3.8, 4) is 45.1 Å². The van der Waals surface area contributed by atoms with Crippen molar-refractivity contribution in [1.82, 2.24) is 4.98 Å². The fourth-order valence-corrected chi connectivity index (χ4v) is 4.46. The number of halogens is 2. The minimum atomic E-state index is -0.452. The number of nitrogens with zero attached hydrogens (tertiary/aromatic N) is 1. The number of ether oxygens (including phenoxy) is 2. The molecule has 0 atom stereocenters. The van der Waals surface area contributed by atoms with Crippen molar-refractivity contribution in [2.24, 2.45) is 0 Å². The molecule has 1 aliphatic heterocycles. The third-order valence-corrected chi connectivity index (χ3v) is 6.39. The van der Waals surface area contributed by atoms with Crippen molar-refractivity contribution < 1.29 is 13.9 Å². The van der Waals surface area contributed by atoms with Gasteiger partial charge < -0.3 is 13.9 Å². The van der Waals surface area contributed by atoms with Gasteiger partial charge >= 0.3 is 5.63 Å². The highest BCUT2D eigenvalue weighted by molar-refractivity contribution is 9.10. The van der Waals surface area contributed by atoms with Crippen molar-refractivity contribution >= 4 is 38.5 Å². The van der Waals surface area contributed by atoms with Crippen molar-refractivity contribution in [3.63, 3.8) is 0 Å². The fourth-order valence-electron chi connectivity index (χ4n) is 3.95. The lowest BCUT2D eigenvalue weighted by Crippen LogP contribution is -2.04. The SMILES string of the molecule is O=c1oc2ccc(Br)cc2cc1-c1cc(-c2ccc3c(c2)OCO3)cc(-c2ccc(Cl)cc2)n1. The van der Waals surface area contributed by atoms with Crippen molar-refractivity contribution in [1.29, 1.82) is 0 Å². The number of hydrogen-bond donors (Lipinski definition) is 0. The molecule has 0 unspecified atom stereocenters. The summed E-state index contributed by atoms with van der Waals surface area (Å²) in [7, 11) is 0. The van der Waals surface area contributed by atoms with Gasteiger partial charge in [-0.15, -0.1) is 0 Å². The van der Waals surface area contributed by atoms with Crippen LogP contribution in [-0.4, -0.2) is 11.8 Å². The molecule has 0 fully saturated rings. The quantitative estimate of drug-likeness (QED) is 0.228. The molecule has 0 bridgehead atoms. The Balaban J connectivity index is 1.57. The van der Waals surface area contributed by atoms with Crippen LogP contribution < -0.4 is 15.1 Å². The van der Waals surface area contributed by atoms with E-state index >= 15 is 0 Å². The summed E-state index contributed by atoms with van der Waals surface area (Å²) in [6, 6.07) is 24.4. The number of hydrogen-bond acceptors (Lipinski definition) is 5. The predicted octanol–water partition coefficient (Wildman–Crippen LogP) is 7.33. The number of benzene rings is 3. The Morgan fingerprint density at radius 2 is 1.53 bits per heavy atom. The van der Waals surface area contributed by atoms with Gasteiger partial charge in [-0.2, -0.15) is 0 Å². The Hall–Kier alpha value is -3.61. The van der Waals surface area contributed by atoms with E-state index in [4.69, 9.17) is 30.5 Å². The molecular weight excluding hydrogens is 518 g/mol. The average Bonchev–Trinajstić information content (AvgIpc) is 3.32. The molecular formula is C27H15BrClNO4. The van der Waals surface area contributed by atoms with Gasteiger partial charge in [0.05, 0.1) is 17.0 Å². The second-order valence-electron chi connectivity index (χ2n) is 7.83. The summed E-state index contributed by atoms with van der Waals surface area (Å²) in [5.74, 6) is 1.38. The third-order valence-electron chi connectivity index (χ3n) is 5.64. The largest absolute Gasteiger partial charge is 0.454 e. The maximum absolute atomic E-state index is 12.9. The third kappa shape index (κ3) is 3.85. The van der Waals surface area contributed by atoms with E-state index in [1.807, 2.05) is 72.8 Å². The van der Waals surface area contributed by atoms with Crippen LogP contribution in [0.2, 0.25) is 5.02 Å². The number of pyridine rings is 1. The second-order valence-corrected chi connectivity index (χ2v) is 9.18. The zero-order valence-electron chi connectivity index (χ0n) is 17.5. The van der Waals surface area contributed by atoms with Crippen LogP contribution in [0.4, 0.5) is 0 Å². The van der Waals surface area contributed by atoms with Gasteiger partial charge in [-0.05, 0) is 71.8 Å². The van der Waals surface area contributed by atoms with Crippen LogP contribution >= 0.6 is 27.5 Å². The van der Waals surface area contributed by atoms with Gasteiger partial charge in [0.1, 0.15) is 5.58 Å². The number of rotatable bonds is 3. The van der Waals surface area contributed by atoms with Gasteiger partial charge in [0.2, 0.25) is 6.79 Å². The van der Waals surface area contributed by atoms with Gasteiger partial charge in [-0.3, -0.25) is 0 Å². The molecule has 0 aliphatic carbocycles. The maximum Gasteiger partial charge on any atom is 0.345 e. The van der Waals surface area contributed by atoms with Gasteiger partial charge in [-0.1, -0.05) is 45.7 Å². The first-order chi connectivity index (χ1) is 16.5. The van der Waals surface area contributed by atoms with Crippen LogP contribution in [0.3, 0.4) is 0 Å². The lowest BCUT2D eigenvalue weighted by molar-refractivity contribution is 0.174. The standard InChI is InChI=1S/C27H15BrClNO4/c28-19-4-8-24-18(9-19)10-21(27(31)34-24)23-12-17(16-3-7-25-26(13-16)33-14-32-25)11-22(30-23)15-1-5-20(29)6-2-15/h1-13H,14H2. The molecule has 34 heavy (non-hydrogen) atoms. The van der Waals surface area contributed by atoms with E-state index in [0.717, 1.165) is 26.5 Å². The molecule has 2 aromatic heterocycles. The molecule has 0 radical (unpaired) electrons. The van der Waals surface area contributed by atoms with E-state index in [2.05, 4.69) is 15.9 Å². The molecule has 166 valence electrons. The van der Waals surface area contributed by atoms with E-state index in [-0.39, 0.29) is 6.79 Å². The Morgan fingerprint density at radius 1 is 0.765 bits per heavy atom. The Labute approximate surface area is 207 Å². The summed E-state index contributed by atoms with van der Waals surface area (Å²) in [6.45, 7) is 0.199. The average molecular weight is 533 g/mol. The first-order valence-corrected chi connectivity index (χ1v) is 11.6. The highest BCUT2D eigenvalue weighted by atomic mass is 79.9. The minimum Gasteiger partial charge on any atom is -0.454 e. The molecule has 3 aromatic carbocycles. The van der Waals surface area contributed by atoms with Crippen molar-refractivity contribution in [2.75, 3.05) is 6.79 Å². The van der Waals surface area contributed by atoms with E-state index < -0.39 is 5.63 Å². The summed E-state index contributed by atoms with van der Waals surface area (Å²) in [5, 5.41) is 1.43. The normalized spacial score (nSPS) is 12.3. The van der Waals surface area contributed by atoms with E-state index in [9.17, 15) is 4.79 Å². The lowest BCUT2D eigenvalue weighted by atomic mass is 10.00. The Bertz CT molecular complexity index is 1630. The van der Waals surface area contributed by atoms with Crippen LogP contribution in [0.5, 0.6) is 11.5 Å². The van der Waals surface area contributed by atoms with Crippen molar-refractivity contribution in [2.45, 2.75) is 0 Å². The maximum atomic E-state index is 12.9. The summed E-state index contributed by atoms with van der Waals surface area (Å²) < 4.78 is 17.5. The van der Waals surface area contributed by atoms with Crippen LogP contribution in [0, 0.1) is 0 Å². The molecule has 0 N–H and O–H groups in total. The zero-order valence-corrected chi connectivity index (χ0v) is 19.9. The van der Waals surface area contributed by atoms with Gasteiger partial charge in [-0.25, -0.2) is 9.78 Å². The molecule has 7 heteroatoms. The molecule has 0 amide bonds. The summed E-state index contributed by atoms with van der Waals surface area (Å²) >= 11 is 9.57. The van der Waals surface area contributed by atoms with E-state index in [0.29, 0.717) is 39.1 Å². The van der Waals surface area contributed by atoms with Crippen LogP contribution in [0.15, 0.2) is 92.5 Å². The van der Waals surface area contributed by atoms with Crippen molar-refractivity contribution in [3.05, 3.63) is 98.8 Å². The van der Waals surface area contributed by atoms with Crippen LogP contribution in [0.25, 0.3) is 44.6 Å². The summed E-state index contributed by atoms with van der Waals surface area (Å²) in [6.07, 6.45) is 0. The highest BCUT2D eigenvalue weighted by Crippen LogP contribution is 2.38.